The van der Waals surface area contributed by atoms with Crippen LogP contribution in [0.2, 0.25) is 0 Å². The summed E-state index contributed by atoms with van der Waals surface area (Å²) < 4.78 is 12.7. The molecular weight excluding hydrogens is 514 g/mol. The highest BCUT2D eigenvalue weighted by atomic mass is 32.2. The van der Waals surface area contributed by atoms with E-state index in [-0.39, 0.29) is 17.4 Å². The van der Waals surface area contributed by atoms with E-state index >= 15 is 0 Å². The maximum absolute atomic E-state index is 12.6. The van der Waals surface area contributed by atoms with Crippen LogP contribution in [0.1, 0.15) is 5.56 Å². The first-order valence-corrected chi connectivity index (χ1v) is 13.0. The number of aromatic nitrogens is 3. The number of phenols is 1. The molecule has 2 N–H and O–H groups in total. The number of methoxy groups -OCH3 is 2. The molecule has 9 nitrogen and oxygen atoms in total. The van der Waals surface area contributed by atoms with Gasteiger partial charge in [0.15, 0.2) is 22.5 Å². The fourth-order valence-corrected chi connectivity index (χ4v) is 4.83. The van der Waals surface area contributed by atoms with Crippen molar-refractivity contribution in [2.75, 3.05) is 20.0 Å². The summed E-state index contributed by atoms with van der Waals surface area (Å²) in [7, 11) is 3.16. The third kappa shape index (κ3) is 5.55. The predicted octanol–water partition coefficient (Wildman–Crippen LogP) is 5.05. The molecule has 0 aliphatic heterocycles. The van der Waals surface area contributed by atoms with Crippen LogP contribution in [0, 0.1) is 0 Å². The van der Waals surface area contributed by atoms with Crippen LogP contribution >= 0.6 is 11.8 Å². The molecule has 0 spiro atoms. The Morgan fingerprint density at radius 1 is 0.974 bits per heavy atom. The zero-order valence-electron chi connectivity index (χ0n) is 21.2. The molecule has 4 aromatic carbocycles. The lowest BCUT2D eigenvalue weighted by molar-refractivity contribution is -0.118. The molecule has 0 saturated carbocycles. The van der Waals surface area contributed by atoms with E-state index in [1.807, 2.05) is 83.4 Å². The zero-order valence-corrected chi connectivity index (χ0v) is 22.1. The number of amides is 1. The number of aromatic hydroxyl groups is 1. The first-order valence-electron chi connectivity index (χ1n) is 12.0. The van der Waals surface area contributed by atoms with E-state index in [0.717, 1.165) is 22.0 Å². The average Bonchev–Trinajstić information content (AvgIpc) is 3.41. The molecule has 196 valence electrons. The number of carbonyl (C=O) groups excluding carboxylic acids is 1. The molecule has 0 bridgehead atoms. The standard InChI is InChI=1S/C29H25N5O4S/c1-37-25-15-13-20(16-26(25)38-2)28-32-33-29(34(28)21-9-4-3-5-10-21)39-18-27(36)31-30-17-23-22-11-7-6-8-19(22)12-14-24(23)35/h3-17,35H,18H2,1-2H3,(H,31,36). The van der Waals surface area contributed by atoms with E-state index in [9.17, 15) is 9.90 Å². The molecule has 1 aromatic heterocycles. The second kappa shape index (κ2) is 11.7. The molecule has 1 amide bonds. The average molecular weight is 540 g/mol. The number of ether oxygens (including phenoxy) is 2. The van der Waals surface area contributed by atoms with Crippen LogP contribution in [0.25, 0.3) is 27.8 Å². The van der Waals surface area contributed by atoms with E-state index in [1.54, 1.807) is 20.3 Å². The Balaban J connectivity index is 1.35. The zero-order chi connectivity index (χ0) is 27.2. The van der Waals surface area contributed by atoms with E-state index in [0.29, 0.717) is 28.0 Å². The van der Waals surface area contributed by atoms with Gasteiger partial charge in [-0.25, -0.2) is 5.43 Å². The van der Waals surface area contributed by atoms with Crippen molar-refractivity contribution in [3.8, 4) is 34.3 Å². The maximum Gasteiger partial charge on any atom is 0.250 e. The number of nitrogens with zero attached hydrogens (tertiary/aromatic N) is 4. The lowest BCUT2D eigenvalue weighted by Gasteiger charge is -2.12. The predicted molar refractivity (Wildman–Crippen MR) is 152 cm³/mol. The van der Waals surface area contributed by atoms with Gasteiger partial charge in [-0.3, -0.25) is 9.36 Å². The smallest absolute Gasteiger partial charge is 0.250 e. The highest BCUT2D eigenvalue weighted by molar-refractivity contribution is 7.99. The molecule has 0 aliphatic carbocycles. The largest absolute Gasteiger partial charge is 0.507 e. The van der Waals surface area contributed by atoms with Crippen LogP contribution in [0.15, 0.2) is 95.2 Å². The van der Waals surface area contributed by atoms with Crippen LogP contribution in [-0.4, -0.2) is 52.0 Å². The molecular formula is C29H25N5O4S. The number of fused-ring (bicyclic) bond motifs is 1. The summed E-state index contributed by atoms with van der Waals surface area (Å²) >= 11 is 1.23. The van der Waals surface area contributed by atoms with Crippen LogP contribution < -0.4 is 14.9 Å². The summed E-state index contributed by atoms with van der Waals surface area (Å²) in [6, 6.07) is 26.3. The van der Waals surface area contributed by atoms with Gasteiger partial charge in [-0.15, -0.1) is 10.2 Å². The number of nitrogens with one attached hydrogen (secondary N) is 1. The number of para-hydroxylation sites is 1. The molecule has 1 heterocycles. The van der Waals surface area contributed by atoms with E-state index in [4.69, 9.17) is 9.47 Å². The van der Waals surface area contributed by atoms with Crippen molar-refractivity contribution in [3.05, 3.63) is 90.5 Å². The van der Waals surface area contributed by atoms with Gasteiger partial charge in [-0.2, -0.15) is 5.10 Å². The van der Waals surface area contributed by atoms with Gasteiger partial charge in [0, 0.05) is 16.8 Å². The maximum atomic E-state index is 12.6. The number of benzene rings is 4. The Labute approximate surface area is 229 Å². The molecule has 10 heteroatoms. The third-order valence-electron chi connectivity index (χ3n) is 5.95. The van der Waals surface area contributed by atoms with E-state index in [1.165, 1.54) is 18.0 Å². The summed E-state index contributed by atoms with van der Waals surface area (Å²) in [4.78, 5) is 12.6. The molecule has 5 rings (SSSR count). The fourth-order valence-electron chi connectivity index (χ4n) is 4.09. The highest BCUT2D eigenvalue weighted by Gasteiger charge is 2.19. The molecule has 0 saturated heterocycles. The monoisotopic (exact) mass is 539 g/mol. The molecule has 0 aliphatic rings. The lowest BCUT2D eigenvalue weighted by atomic mass is 10.0. The van der Waals surface area contributed by atoms with Crippen LogP contribution in [-0.2, 0) is 4.79 Å². The van der Waals surface area contributed by atoms with Gasteiger partial charge in [-0.1, -0.05) is 60.3 Å². The van der Waals surface area contributed by atoms with Crippen LogP contribution in [0.4, 0.5) is 0 Å². The van der Waals surface area contributed by atoms with Gasteiger partial charge in [-0.05, 0) is 47.2 Å². The third-order valence-corrected chi connectivity index (χ3v) is 6.88. The molecule has 0 unspecified atom stereocenters. The number of carbonyl (C=O) groups is 1. The van der Waals surface area contributed by atoms with Gasteiger partial charge >= 0.3 is 0 Å². The number of hydrogen-bond acceptors (Lipinski definition) is 8. The summed E-state index contributed by atoms with van der Waals surface area (Å²) in [6.45, 7) is 0. The second-order valence-electron chi connectivity index (χ2n) is 8.35. The molecule has 39 heavy (non-hydrogen) atoms. The van der Waals surface area contributed by atoms with Crippen molar-refractivity contribution in [2.24, 2.45) is 5.10 Å². The summed E-state index contributed by atoms with van der Waals surface area (Å²) in [5, 5.41) is 25.5. The topological polar surface area (TPSA) is 111 Å². The van der Waals surface area contributed by atoms with Gasteiger partial charge < -0.3 is 14.6 Å². The van der Waals surface area contributed by atoms with E-state index in [2.05, 4.69) is 20.7 Å². The van der Waals surface area contributed by atoms with Gasteiger partial charge in [0.05, 0.1) is 26.2 Å². The molecule has 0 fully saturated rings. The van der Waals surface area contributed by atoms with E-state index < -0.39 is 0 Å². The first-order chi connectivity index (χ1) is 19.1. The highest BCUT2D eigenvalue weighted by Crippen LogP contribution is 2.34. The fraction of sp³-hybridized carbons (Fsp3) is 0.103. The minimum Gasteiger partial charge on any atom is -0.507 e. The minimum absolute atomic E-state index is 0.0513. The molecule has 5 aromatic rings. The Morgan fingerprint density at radius 3 is 2.54 bits per heavy atom. The normalized spacial score (nSPS) is 11.1. The van der Waals surface area contributed by atoms with Gasteiger partial charge in [0.2, 0.25) is 0 Å². The number of phenolic OH excluding ortho intramolecular Hbond substituents is 1. The van der Waals surface area contributed by atoms with Crippen molar-refractivity contribution >= 4 is 34.7 Å². The van der Waals surface area contributed by atoms with Crippen molar-refractivity contribution in [3.63, 3.8) is 0 Å². The van der Waals surface area contributed by atoms with Gasteiger partial charge in [0.25, 0.3) is 5.91 Å². The lowest BCUT2D eigenvalue weighted by Crippen LogP contribution is -2.20. The summed E-state index contributed by atoms with van der Waals surface area (Å²) in [5.41, 5.74) is 4.69. The first kappa shape index (κ1) is 25.8. The van der Waals surface area contributed by atoms with Gasteiger partial charge in [0.1, 0.15) is 5.75 Å². The van der Waals surface area contributed by atoms with Crippen molar-refractivity contribution in [1.29, 1.82) is 0 Å². The van der Waals surface area contributed by atoms with Crippen LogP contribution in [0.3, 0.4) is 0 Å². The van der Waals surface area contributed by atoms with Crippen molar-refractivity contribution in [1.82, 2.24) is 20.2 Å². The number of rotatable bonds is 9. The SMILES string of the molecule is COc1ccc(-c2nnc(SCC(=O)NN=Cc3c(O)ccc4ccccc34)n2-c2ccccc2)cc1OC. The Kier molecular flexibility index (Phi) is 7.74. The Hall–Kier alpha value is -4.83. The molecule has 0 radical (unpaired) electrons. The minimum atomic E-state index is -0.328. The summed E-state index contributed by atoms with van der Waals surface area (Å²) in [6.07, 6.45) is 1.45. The second-order valence-corrected chi connectivity index (χ2v) is 9.29. The quantitative estimate of drug-likeness (QED) is 0.153. The van der Waals surface area contributed by atoms with Crippen LogP contribution in [0.5, 0.6) is 17.2 Å². The number of hydrogen-bond donors (Lipinski definition) is 2. The van der Waals surface area contributed by atoms with Crippen molar-refractivity contribution < 1.29 is 19.4 Å². The number of hydrazone groups is 1. The van der Waals surface area contributed by atoms with Crippen molar-refractivity contribution in [2.45, 2.75) is 5.16 Å². The number of thioether (sulfide) groups is 1. The molecule has 0 atom stereocenters. The Morgan fingerprint density at radius 2 is 1.74 bits per heavy atom. The Bertz CT molecular complexity index is 1650. The summed E-state index contributed by atoms with van der Waals surface area (Å²) in [5.74, 6) is 1.58.